The van der Waals surface area contributed by atoms with E-state index in [1.54, 1.807) is 32.1 Å². The molecule has 16 heavy (non-hydrogen) atoms. The Labute approximate surface area is 94.4 Å². The summed E-state index contributed by atoms with van der Waals surface area (Å²) in [6, 6.07) is 0. The summed E-state index contributed by atoms with van der Waals surface area (Å²) >= 11 is 0. The number of aliphatic imine (C=N–C) groups is 1. The van der Waals surface area contributed by atoms with E-state index in [1.165, 1.54) is 0 Å². The number of rotatable bonds is 4. The molecule has 0 amide bonds. The van der Waals surface area contributed by atoms with E-state index in [1.807, 2.05) is 0 Å². The van der Waals surface area contributed by atoms with Gasteiger partial charge in [0.2, 0.25) is 0 Å². The molecule has 86 valence electrons. The molecule has 0 aromatic rings. The van der Waals surface area contributed by atoms with Gasteiger partial charge in [-0.1, -0.05) is 0 Å². The van der Waals surface area contributed by atoms with Crippen LogP contribution in [0.25, 0.3) is 0 Å². The van der Waals surface area contributed by atoms with Crippen molar-refractivity contribution in [1.29, 1.82) is 5.41 Å². The van der Waals surface area contributed by atoms with E-state index in [0.717, 1.165) is 0 Å². The minimum absolute atomic E-state index is 0.347. The Morgan fingerprint density at radius 2 is 2.50 bits per heavy atom. The first-order chi connectivity index (χ1) is 7.63. The minimum Gasteiger partial charge on any atom is -0.461 e. The fourth-order valence-corrected chi connectivity index (χ4v) is 1.11. The van der Waals surface area contributed by atoms with Crippen LogP contribution < -0.4 is 5.32 Å². The van der Waals surface area contributed by atoms with Crippen LogP contribution in [0.15, 0.2) is 28.9 Å². The van der Waals surface area contributed by atoms with Crippen LogP contribution in [-0.2, 0) is 9.53 Å². The molecule has 0 saturated heterocycles. The molecule has 1 aliphatic rings. The normalized spacial score (nSPS) is 15.1. The van der Waals surface area contributed by atoms with Crippen LogP contribution in [0, 0.1) is 5.41 Å². The second-order valence-corrected chi connectivity index (χ2v) is 3.21. The van der Waals surface area contributed by atoms with Gasteiger partial charge in [0.25, 0.3) is 0 Å². The summed E-state index contributed by atoms with van der Waals surface area (Å²) in [5.74, 6) is 0.187. The molecule has 1 rings (SSSR count). The summed E-state index contributed by atoms with van der Waals surface area (Å²) in [6.07, 6.45) is 4.95. The summed E-state index contributed by atoms with van der Waals surface area (Å²) in [7, 11) is 0. The molecule has 5 heteroatoms. The van der Waals surface area contributed by atoms with E-state index in [4.69, 9.17) is 10.1 Å². The average molecular weight is 221 g/mol. The minimum atomic E-state index is -0.380. The van der Waals surface area contributed by atoms with Gasteiger partial charge in [0.05, 0.1) is 13.2 Å². The maximum atomic E-state index is 11.4. The zero-order valence-corrected chi connectivity index (χ0v) is 9.41. The van der Waals surface area contributed by atoms with Gasteiger partial charge in [-0.05, 0) is 32.1 Å². The number of esters is 1. The van der Waals surface area contributed by atoms with Gasteiger partial charge in [-0.25, -0.2) is 4.79 Å². The SMILES string of the molecule is CCOC(=O)C1=CCN=C(/C=C\C(C)=N)N1. The lowest BCUT2D eigenvalue weighted by molar-refractivity contribution is -0.138. The highest BCUT2D eigenvalue weighted by atomic mass is 16.5. The maximum absolute atomic E-state index is 11.4. The van der Waals surface area contributed by atoms with E-state index in [0.29, 0.717) is 30.4 Å². The van der Waals surface area contributed by atoms with E-state index >= 15 is 0 Å². The topological polar surface area (TPSA) is 74.5 Å². The summed E-state index contributed by atoms with van der Waals surface area (Å²) in [5.41, 5.74) is 0.830. The fourth-order valence-electron chi connectivity index (χ4n) is 1.11. The van der Waals surface area contributed by atoms with Crippen LogP contribution >= 0.6 is 0 Å². The van der Waals surface area contributed by atoms with E-state index in [-0.39, 0.29) is 5.97 Å². The lowest BCUT2D eigenvalue weighted by Gasteiger charge is -2.13. The molecule has 0 aliphatic carbocycles. The van der Waals surface area contributed by atoms with Crippen LogP contribution in [0.4, 0.5) is 0 Å². The molecule has 1 heterocycles. The summed E-state index contributed by atoms with van der Waals surface area (Å²) < 4.78 is 4.86. The molecular weight excluding hydrogens is 206 g/mol. The zero-order valence-electron chi connectivity index (χ0n) is 9.41. The molecule has 0 unspecified atom stereocenters. The third-order valence-corrected chi connectivity index (χ3v) is 1.81. The third-order valence-electron chi connectivity index (χ3n) is 1.81. The quantitative estimate of drug-likeness (QED) is 0.550. The fraction of sp³-hybridized carbons (Fsp3) is 0.364. The van der Waals surface area contributed by atoms with Gasteiger partial charge in [-0.3, -0.25) is 4.99 Å². The largest absolute Gasteiger partial charge is 0.461 e. The van der Waals surface area contributed by atoms with Gasteiger partial charge in [0, 0.05) is 5.71 Å². The number of ether oxygens (including phenoxy) is 1. The first-order valence-electron chi connectivity index (χ1n) is 5.05. The Kier molecular flexibility index (Phi) is 4.44. The summed E-state index contributed by atoms with van der Waals surface area (Å²) in [6.45, 7) is 4.22. The van der Waals surface area contributed by atoms with Crippen LogP contribution in [0.2, 0.25) is 0 Å². The van der Waals surface area contributed by atoms with Crippen molar-refractivity contribution in [3.05, 3.63) is 23.9 Å². The van der Waals surface area contributed by atoms with Crippen LogP contribution in [0.3, 0.4) is 0 Å². The van der Waals surface area contributed by atoms with Gasteiger partial charge < -0.3 is 15.5 Å². The first kappa shape index (κ1) is 12.2. The Balaban J connectivity index is 2.59. The van der Waals surface area contributed by atoms with Crippen molar-refractivity contribution in [2.24, 2.45) is 4.99 Å². The van der Waals surface area contributed by atoms with Crippen molar-refractivity contribution in [2.45, 2.75) is 13.8 Å². The molecule has 0 saturated carbocycles. The lowest BCUT2D eigenvalue weighted by atomic mass is 10.3. The molecular formula is C11H15N3O2. The van der Waals surface area contributed by atoms with Gasteiger partial charge in [0.15, 0.2) is 0 Å². The van der Waals surface area contributed by atoms with Crippen molar-refractivity contribution in [2.75, 3.05) is 13.2 Å². The standard InChI is InChI=1S/C11H15N3O2/c1-3-16-11(15)9-6-7-13-10(14-9)5-4-8(2)12/h4-6,12H,3,7H2,1-2H3,(H,13,14)/b5-4-,12-8?. The Morgan fingerprint density at radius 1 is 1.75 bits per heavy atom. The van der Waals surface area contributed by atoms with Crippen molar-refractivity contribution in [3.8, 4) is 0 Å². The molecule has 0 radical (unpaired) electrons. The van der Waals surface area contributed by atoms with Crippen molar-refractivity contribution in [1.82, 2.24) is 5.32 Å². The molecule has 2 N–H and O–H groups in total. The predicted octanol–water partition coefficient (Wildman–Crippen LogP) is 1.03. The van der Waals surface area contributed by atoms with Crippen molar-refractivity contribution < 1.29 is 9.53 Å². The number of carbonyl (C=O) groups is 1. The highest BCUT2D eigenvalue weighted by Gasteiger charge is 2.13. The number of hydrogen-bond donors (Lipinski definition) is 2. The van der Waals surface area contributed by atoms with Gasteiger partial charge in [0.1, 0.15) is 11.5 Å². The van der Waals surface area contributed by atoms with Crippen molar-refractivity contribution in [3.63, 3.8) is 0 Å². The lowest BCUT2D eigenvalue weighted by Crippen LogP contribution is -2.30. The highest BCUT2D eigenvalue weighted by molar-refractivity contribution is 6.04. The second-order valence-electron chi connectivity index (χ2n) is 3.21. The molecule has 0 fully saturated rings. The molecule has 0 atom stereocenters. The molecule has 5 nitrogen and oxygen atoms in total. The Bertz CT molecular complexity index is 381. The second kappa shape index (κ2) is 5.85. The van der Waals surface area contributed by atoms with Crippen molar-refractivity contribution >= 4 is 17.5 Å². The molecule has 0 aromatic carbocycles. The molecule has 0 aromatic heterocycles. The van der Waals surface area contributed by atoms with Gasteiger partial charge in [-0.15, -0.1) is 0 Å². The number of allylic oxidation sites excluding steroid dienone is 1. The number of amidine groups is 1. The number of nitrogens with one attached hydrogen (secondary N) is 2. The van der Waals surface area contributed by atoms with E-state index in [2.05, 4.69) is 10.3 Å². The Morgan fingerprint density at radius 3 is 3.12 bits per heavy atom. The number of carbonyl (C=O) groups excluding carboxylic acids is 1. The van der Waals surface area contributed by atoms with Crippen LogP contribution in [0.1, 0.15) is 13.8 Å². The molecule has 0 spiro atoms. The number of hydrogen-bond acceptors (Lipinski definition) is 5. The first-order valence-corrected chi connectivity index (χ1v) is 5.05. The third kappa shape index (κ3) is 3.68. The smallest absolute Gasteiger partial charge is 0.354 e. The van der Waals surface area contributed by atoms with Gasteiger partial charge >= 0.3 is 5.97 Å². The summed E-state index contributed by atoms with van der Waals surface area (Å²) in [5, 5.41) is 10.1. The van der Waals surface area contributed by atoms with E-state index in [9.17, 15) is 4.79 Å². The van der Waals surface area contributed by atoms with Gasteiger partial charge in [-0.2, -0.15) is 0 Å². The highest BCUT2D eigenvalue weighted by Crippen LogP contribution is 2.00. The van der Waals surface area contributed by atoms with Crippen LogP contribution in [-0.4, -0.2) is 30.7 Å². The molecule has 1 aliphatic heterocycles. The van der Waals surface area contributed by atoms with Crippen LogP contribution in [0.5, 0.6) is 0 Å². The Hall–Kier alpha value is -1.91. The predicted molar refractivity (Wildman–Crippen MR) is 62.7 cm³/mol. The monoisotopic (exact) mass is 221 g/mol. The van der Waals surface area contributed by atoms with E-state index < -0.39 is 0 Å². The summed E-state index contributed by atoms with van der Waals surface area (Å²) in [4.78, 5) is 15.5. The maximum Gasteiger partial charge on any atom is 0.354 e. The molecule has 0 bridgehead atoms. The zero-order chi connectivity index (χ0) is 12.0. The number of nitrogens with zero attached hydrogens (tertiary/aromatic N) is 1. The average Bonchev–Trinajstić information content (AvgIpc) is 2.27.